The lowest BCUT2D eigenvalue weighted by Crippen LogP contribution is -2.29. The van der Waals surface area contributed by atoms with Crippen molar-refractivity contribution in [3.05, 3.63) is 16.1 Å². The van der Waals surface area contributed by atoms with Crippen LogP contribution in [0.5, 0.6) is 0 Å². The molecule has 0 atom stereocenters. The van der Waals surface area contributed by atoms with Gasteiger partial charge in [0, 0.05) is 18.3 Å². The summed E-state index contributed by atoms with van der Waals surface area (Å²) in [5.41, 5.74) is 1.01. The van der Waals surface area contributed by atoms with Crippen LogP contribution < -0.4 is 0 Å². The lowest BCUT2D eigenvalue weighted by atomic mass is 10.3. The molecule has 1 rings (SSSR count). The van der Waals surface area contributed by atoms with Crippen LogP contribution in [-0.2, 0) is 12.3 Å². The van der Waals surface area contributed by atoms with E-state index in [1.807, 2.05) is 0 Å². The van der Waals surface area contributed by atoms with Crippen LogP contribution in [-0.4, -0.2) is 55.1 Å². The zero-order valence-electron chi connectivity index (χ0n) is 11.7. The first-order valence-electron chi connectivity index (χ1n) is 6.52. The minimum atomic E-state index is 0.525. The Hall–Kier alpha value is -0.160. The first-order chi connectivity index (χ1) is 8.65. The molecule has 0 fully saturated rings. The summed E-state index contributed by atoms with van der Waals surface area (Å²) >= 11 is 7.48. The second kappa shape index (κ2) is 8.86. The van der Waals surface area contributed by atoms with Gasteiger partial charge in [0.05, 0.1) is 16.6 Å². The van der Waals surface area contributed by atoms with Crippen molar-refractivity contribution in [2.24, 2.45) is 0 Å². The van der Waals surface area contributed by atoms with Crippen molar-refractivity contribution >= 4 is 22.9 Å². The maximum Gasteiger partial charge on any atom is 0.0941 e. The standard InChI is InChI=1S/C13H24ClN3S/c1-4-17(8-5-7-16(2)3)9-6-13-15-12(10-14)11-18-13/h11H,4-10H2,1-3H3. The molecule has 0 aromatic carbocycles. The van der Waals surface area contributed by atoms with Gasteiger partial charge in [0.2, 0.25) is 0 Å². The smallest absolute Gasteiger partial charge is 0.0941 e. The van der Waals surface area contributed by atoms with Crippen LogP contribution in [0.4, 0.5) is 0 Å². The summed E-state index contributed by atoms with van der Waals surface area (Å²) in [7, 11) is 4.25. The fraction of sp³-hybridized carbons (Fsp3) is 0.769. The van der Waals surface area contributed by atoms with Crippen LogP contribution in [0.25, 0.3) is 0 Å². The summed E-state index contributed by atoms with van der Waals surface area (Å²) in [6.07, 6.45) is 2.27. The van der Waals surface area contributed by atoms with Crippen molar-refractivity contribution in [2.45, 2.75) is 25.6 Å². The van der Waals surface area contributed by atoms with E-state index >= 15 is 0 Å². The number of hydrogen-bond donors (Lipinski definition) is 0. The molecule has 1 heterocycles. The van der Waals surface area contributed by atoms with Crippen molar-refractivity contribution in [1.82, 2.24) is 14.8 Å². The Morgan fingerprint density at radius 2 is 2.06 bits per heavy atom. The Labute approximate surface area is 120 Å². The lowest BCUT2D eigenvalue weighted by Gasteiger charge is -2.20. The third-order valence-corrected chi connectivity index (χ3v) is 4.14. The van der Waals surface area contributed by atoms with Crippen LogP contribution in [0.15, 0.2) is 5.38 Å². The largest absolute Gasteiger partial charge is 0.309 e. The average molecular weight is 290 g/mol. The van der Waals surface area contributed by atoms with Crippen LogP contribution in [0, 0.1) is 0 Å². The van der Waals surface area contributed by atoms with E-state index in [2.05, 4.69) is 41.2 Å². The highest BCUT2D eigenvalue weighted by Gasteiger charge is 2.06. The molecule has 1 aromatic heterocycles. The topological polar surface area (TPSA) is 19.4 Å². The van der Waals surface area contributed by atoms with Crippen LogP contribution in [0.1, 0.15) is 24.0 Å². The summed E-state index contributed by atoms with van der Waals surface area (Å²) in [6, 6.07) is 0. The second-order valence-corrected chi connectivity index (χ2v) is 5.92. The van der Waals surface area contributed by atoms with Gasteiger partial charge in [-0.25, -0.2) is 4.98 Å². The molecule has 0 aliphatic rings. The van der Waals surface area contributed by atoms with E-state index in [9.17, 15) is 0 Å². The molecule has 0 radical (unpaired) electrons. The number of aromatic nitrogens is 1. The summed E-state index contributed by atoms with van der Waals surface area (Å²) < 4.78 is 0. The molecule has 18 heavy (non-hydrogen) atoms. The van der Waals surface area contributed by atoms with Crippen LogP contribution in [0.3, 0.4) is 0 Å². The van der Waals surface area contributed by atoms with Crippen molar-refractivity contribution in [3.8, 4) is 0 Å². The minimum absolute atomic E-state index is 0.525. The zero-order chi connectivity index (χ0) is 13.4. The molecule has 1 aromatic rings. The predicted octanol–water partition coefficient (Wildman–Crippen LogP) is 2.70. The quantitative estimate of drug-likeness (QED) is 0.652. The molecule has 0 aliphatic carbocycles. The summed E-state index contributed by atoms with van der Waals surface area (Å²) in [4.78, 5) is 9.22. The highest BCUT2D eigenvalue weighted by atomic mass is 35.5. The van der Waals surface area contributed by atoms with Gasteiger partial charge in [-0.2, -0.15) is 0 Å². The zero-order valence-corrected chi connectivity index (χ0v) is 13.2. The van der Waals surface area contributed by atoms with Gasteiger partial charge < -0.3 is 9.80 Å². The Balaban J connectivity index is 2.26. The Kier molecular flexibility index (Phi) is 7.82. The third kappa shape index (κ3) is 6.14. The fourth-order valence-corrected chi connectivity index (χ4v) is 2.83. The molecule has 0 N–H and O–H groups in total. The van der Waals surface area contributed by atoms with E-state index in [1.165, 1.54) is 18.0 Å². The van der Waals surface area contributed by atoms with Gasteiger partial charge in [-0.1, -0.05) is 6.92 Å². The van der Waals surface area contributed by atoms with Gasteiger partial charge in [0.25, 0.3) is 0 Å². The fourth-order valence-electron chi connectivity index (χ4n) is 1.82. The van der Waals surface area contributed by atoms with Crippen molar-refractivity contribution in [1.29, 1.82) is 0 Å². The molecular formula is C13H24ClN3S. The molecule has 0 saturated carbocycles. The normalized spacial score (nSPS) is 11.7. The van der Waals surface area contributed by atoms with Gasteiger partial charge >= 0.3 is 0 Å². The van der Waals surface area contributed by atoms with Gasteiger partial charge in [0.1, 0.15) is 0 Å². The molecule has 104 valence electrons. The molecule has 3 nitrogen and oxygen atoms in total. The maximum absolute atomic E-state index is 5.76. The van der Waals surface area contributed by atoms with E-state index in [4.69, 9.17) is 11.6 Å². The molecule has 0 saturated heterocycles. The van der Waals surface area contributed by atoms with E-state index in [0.717, 1.165) is 31.7 Å². The van der Waals surface area contributed by atoms with Gasteiger partial charge in [-0.05, 0) is 40.2 Å². The Morgan fingerprint density at radius 3 is 2.61 bits per heavy atom. The summed E-state index contributed by atoms with van der Waals surface area (Å²) in [5, 5.41) is 3.27. The molecular weight excluding hydrogens is 266 g/mol. The highest BCUT2D eigenvalue weighted by Crippen LogP contribution is 2.12. The lowest BCUT2D eigenvalue weighted by molar-refractivity contribution is 0.269. The van der Waals surface area contributed by atoms with Crippen molar-refractivity contribution in [2.75, 3.05) is 40.3 Å². The predicted molar refractivity (Wildman–Crippen MR) is 80.7 cm³/mol. The number of thiazole rings is 1. The molecule has 5 heteroatoms. The number of halogens is 1. The second-order valence-electron chi connectivity index (χ2n) is 4.71. The third-order valence-electron chi connectivity index (χ3n) is 2.91. The molecule has 0 bridgehead atoms. The Morgan fingerprint density at radius 1 is 1.28 bits per heavy atom. The molecule has 0 unspecified atom stereocenters. The molecule has 0 aliphatic heterocycles. The van der Waals surface area contributed by atoms with Gasteiger partial charge in [-0.15, -0.1) is 22.9 Å². The van der Waals surface area contributed by atoms with Crippen molar-refractivity contribution in [3.63, 3.8) is 0 Å². The summed E-state index contributed by atoms with van der Waals surface area (Å²) in [6.45, 7) is 6.76. The van der Waals surface area contributed by atoms with E-state index in [0.29, 0.717) is 5.88 Å². The molecule has 0 spiro atoms. The Bertz CT molecular complexity index is 328. The number of hydrogen-bond acceptors (Lipinski definition) is 4. The number of likely N-dealkylation sites (N-methyl/N-ethyl adjacent to an activating group) is 1. The first-order valence-corrected chi connectivity index (χ1v) is 7.93. The monoisotopic (exact) mass is 289 g/mol. The van der Waals surface area contributed by atoms with Crippen LogP contribution >= 0.6 is 22.9 Å². The van der Waals surface area contributed by atoms with Crippen LogP contribution in [0.2, 0.25) is 0 Å². The minimum Gasteiger partial charge on any atom is -0.309 e. The number of rotatable bonds is 9. The molecule has 0 amide bonds. The number of nitrogens with zero attached hydrogens (tertiary/aromatic N) is 3. The van der Waals surface area contributed by atoms with E-state index in [-0.39, 0.29) is 0 Å². The van der Waals surface area contributed by atoms with Gasteiger partial charge in [0.15, 0.2) is 0 Å². The van der Waals surface area contributed by atoms with E-state index in [1.54, 1.807) is 11.3 Å². The maximum atomic E-state index is 5.76. The van der Waals surface area contributed by atoms with Gasteiger partial charge in [-0.3, -0.25) is 0 Å². The first kappa shape index (κ1) is 15.9. The average Bonchev–Trinajstić information content (AvgIpc) is 2.81. The SMILES string of the molecule is CCN(CCCN(C)C)CCc1nc(CCl)cs1. The number of alkyl halides is 1. The van der Waals surface area contributed by atoms with E-state index < -0.39 is 0 Å². The highest BCUT2D eigenvalue weighted by molar-refractivity contribution is 7.09. The summed E-state index contributed by atoms with van der Waals surface area (Å²) in [5.74, 6) is 0.525. The van der Waals surface area contributed by atoms with Crippen molar-refractivity contribution < 1.29 is 0 Å².